The number of phenols is 1. The average molecular weight is 373 g/mol. The minimum absolute atomic E-state index is 0.0360. The molecule has 0 amide bonds. The molecule has 0 bridgehead atoms. The van der Waals surface area contributed by atoms with Gasteiger partial charge in [-0.25, -0.2) is 9.78 Å². The van der Waals surface area contributed by atoms with Crippen LogP contribution in [0.15, 0.2) is 63.8 Å². The minimum Gasteiger partial charge on any atom is -0.505 e. The summed E-state index contributed by atoms with van der Waals surface area (Å²) in [5.41, 5.74) is -0.230. The Labute approximate surface area is 147 Å². The van der Waals surface area contributed by atoms with E-state index in [1.165, 1.54) is 24.3 Å². The van der Waals surface area contributed by atoms with Crippen molar-refractivity contribution in [3.05, 3.63) is 54.2 Å². The predicted molar refractivity (Wildman–Crippen MR) is 90.8 cm³/mol. The fourth-order valence-electron chi connectivity index (χ4n) is 2.28. The lowest BCUT2D eigenvalue weighted by atomic mass is 10.1. The number of aromatic hydroxyl groups is 1. The number of pyridine rings is 1. The number of hydrogen-bond acceptors (Lipinski definition) is 7. The summed E-state index contributed by atoms with van der Waals surface area (Å²) in [5, 5.41) is 26.9. The second-order valence-corrected chi connectivity index (χ2v) is 6.56. The number of benzene rings is 2. The van der Waals surface area contributed by atoms with E-state index in [2.05, 4.69) is 15.2 Å². The molecule has 0 spiro atoms. The molecule has 0 atom stereocenters. The van der Waals surface area contributed by atoms with Gasteiger partial charge >= 0.3 is 5.97 Å². The van der Waals surface area contributed by atoms with Gasteiger partial charge in [-0.15, -0.1) is 10.2 Å². The first kappa shape index (κ1) is 17.5. The number of carboxylic acid groups (broad SMARTS) is 1. The first-order valence-electron chi connectivity index (χ1n) is 7.10. The highest BCUT2D eigenvalue weighted by Gasteiger charge is 2.19. The Morgan fingerprint density at radius 2 is 1.73 bits per heavy atom. The van der Waals surface area contributed by atoms with Gasteiger partial charge in [0.25, 0.3) is 10.1 Å². The molecule has 0 saturated carbocycles. The zero-order valence-electron chi connectivity index (χ0n) is 12.9. The minimum atomic E-state index is -4.56. The number of nitrogens with zero attached hydrogens (tertiary/aromatic N) is 3. The zero-order chi connectivity index (χ0) is 18.9. The third-order valence-electron chi connectivity index (χ3n) is 3.49. The fourth-order valence-corrected chi connectivity index (χ4v) is 3.00. The molecule has 3 N–H and O–H groups in total. The molecule has 10 heteroatoms. The Morgan fingerprint density at radius 1 is 1.04 bits per heavy atom. The Kier molecular flexibility index (Phi) is 4.36. The van der Waals surface area contributed by atoms with Crippen molar-refractivity contribution in [2.45, 2.75) is 4.90 Å². The lowest BCUT2D eigenvalue weighted by Crippen LogP contribution is -1.99. The molecule has 9 nitrogen and oxygen atoms in total. The van der Waals surface area contributed by atoms with Gasteiger partial charge in [0, 0.05) is 17.0 Å². The number of hydrogen-bond donors (Lipinski definition) is 3. The Morgan fingerprint density at radius 3 is 2.31 bits per heavy atom. The van der Waals surface area contributed by atoms with Crippen LogP contribution in [0.5, 0.6) is 5.75 Å². The van der Waals surface area contributed by atoms with Crippen LogP contribution in [0.2, 0.25) is 0 Å². The molecule has 0 aliphatic heterocycles. The van der Waals surface area contributed by atoms with Gasteiger partial charge in [-0.05, 0) is 18.2 Å². The average Bonchev–Trinajstić information content (AvgIpc) is 2.60. The molecular weight excluding hydrogens is 362 g/mol. The molecule has 3 rings (SSSR count). The van der Waals surface area contributed by atoms with Gasteiger partial charge in [-0.2, -0.15) is 8.42 Å². The molecule has 2 aromatic carbocycles. The van der Waals surface area contributed by atoms with Crippen LogP contribution >= 0.6 is 0 Å². The first-order valence-corrected chi connectivity index (χ1v) is 8.54. The quantitative estimate of drug-likeness (QED) is 0.469. The molecule has 0 fully saturated rings. The van der Waals surface area contributed by atoms with Crippen molar-refractivity contribution in [3.8, 4) is 5.75 Å². The Hall–Kier alpha value is -3.37. The highest BCUT2D eigenvalue weighted by atomic mass is 32.2. The normalized spacial score (nSPS) is 11.9. The Balaban J connectivity index is 2.10. The molecule has 0 saturated heterocycles. The van der Waals surface area contributed by atoms with Crippen molar-refractivity contribution >= 4 is 38.4 Å². The molecule has 0 unspecified atom stereocenters. The van der Waals surface area contributed by atoms with Crippen LogP contribution in [0, 0.1) is 0 Å². The summed E-state index contributed by atoms with van der Waals surface area (Å²) in [6.45, 7) is 0. The van der Waals surface area contributed by atoms with E-state index in [9.17, 15) is 22.9 Å². The van der Waals surface area contributed by atoms with Crippen LogP contribution in [-0.2, 0) is 10.1 Å². The van der Waals surface area contributed by atoms with Crippen molar-refractivity contribution in [2.75, 3.05) is 0 Å². The molecule has 0 radical (unpaired) electrons. The van der Waals surface area contributed by atoms with Gasteiger partial charge in [0.2, 0.25) is 0 Å². The summed E-state index contributed by atoms with van der Waals surface area (Å²) >= 11 is 0. The van der Waals surface area contributed by atoms with Crippen LogP contribution in [0.1, 0.15) is 10.4 Å². The van der Waals surface area contributed by atoms with Gasteiger partial charge in [0.05, 0.1) is 5.56 Å². The van der Waals surface area contributed by atoms with Gasteiger partial charge in [0.1, 0.15) is 10.6 Å². The number of phenolic OH excluding ortho intramolecular Hbond substituents is 1. The van der Waals surface area contributed by atoms with Crippen molar-refractivity contribution in [1.82, 2.24) is 4.98 Å². The SMILES string of the molecule is O=C(O)c1ccc(N=Nc2cc(S(=O)(=O)O)c3ccccc3c2O)nc1. The second kappa shape index (κ2) is 6.50. The summed E-state index contributed by atoms with van der Waals surface area (Å²) < 4.78 is 32.7. The number of azo groups is 1. The van der Waals surface area contributed by atoms with Crippen LogP contribution in [0.3, 0.4) is 0 Å². The maximum Gasteiger partial charge on any atom is 0.337 e. The number of fused-ring (bicyclic) bond motifs is 1. The molecule has 0 aliphatic carbocycles. The number of aromatic carboxylic acids is 1. The maximum atomic E-state index is 11.6. The van der Waals surface area contributed by atoms with Crippen LogP contribution in [-0.4, -0.2) is 34.1 Å². The van der Waals surface area contributed by atoms with E-state index in [4.69, 9.17) is 5.11 Å². The van der Waals surface area contributed by atoms with E-state index in [0.717, 1.165) is 12.3 Å². The van der Waals surface area contributed by atoms with Crippen molar-refractivity contribution < 1.29 is 28.0 Å². The largest absolute Gasteiger partial charge is 0.505 e. The summed E-state index contributed by atoms with van der Waals surface area (Å²) in [6.07, 6.45) is 1.08. The standard InChI is InChI=1S/C16H11N3O6S/c20-15-11-4-2-1-3-10(11)13(26(23,24)25)7-12(15)18-19-14-6-5-9(8-17-14)16(21)22/h1-8,20H,(H,21,22)(H,23,24,25). The number of carboxylic acids is 1. The van der Waals surface area contributed by atoms with Gasteiger partial charge in [0.15, 0.2) is 11.6 Å². The fraction of sp³-hybridized carbons (Fsp3) is 0. The van der Waals surface area contributed by atoms with E-state index < -0.39 is 21.0 Å². The zero-order valence-corrected chi connectivity index (χ0v) is 13.8. The van der Waals surface area contributed by atoms with E-state index in [0.29, 0.717) is 0 Å². The highest BCUT2D eigenvalue weighted by Crippen LogP contribution is 2.39. The monoisotopic (exact) mass is 373 g/mol. The smallest absolute Gasteiger partial charge is 0.337 e. The molecule has 26 heavy (non-hydrogen) atoms. The molecule has 1 heterocycles. The van der Waals surface area contributed by atoms with E-state index >= 15 is 0 Å². The summed E-state index contributed by atoms with van der Waals surface area (Å²) in [4.78, 5) is 14.1. The summed E-state index contributed by atoms with van der Waals surface area (Å²) in [6, 6.07) is 9.61. The van der Waals surface area contributed by atoms with Crippen LogP contribution < -0.4 is 0 Å². The number of carbonyl (C=O) groups is 1. The molecular formula is C16H11N3O6S. The third-order valence-corrected chi connectivity index (χ3v) is 4.38. The molecule has 132 valence electrons. The predicted octanol–water partition coefficient (Wildman–Crippen LogP) is 3.30. The van der Waals surface area contributed by atoms with Crippen molar-refractivity contribution in [3.63, 3.8) is 0 Å². The van der Waals surface area contributed by atoms with E-state index in [1.54, 1.807) is 12.1 Å². The van der Waals surface area contributed by atoms with E-state index in [-0.39, 0.29) is 33.6 Å². The van der Waals surface area contributed by atoms with Crippen LogP contribution in [0.4, 0.5) is 11.5 Å². The van der Waals surface area contributed by atoms with Gasteiger partial charge in [-0.1, -0.05) is 24.3 Å². The lowest BCUT2D eigenvalue weighted by molar-refractivity contribution is 0.0696. The Bertz CT molecular complexity index is 1140. The van der Waals surface area contributed by atoms with E-state index in [1.807, 2.05) is 0 Å². The van der Waals surface area contributed by atoms with Gasteiger partial charge < -0.3 is 10.2 Å². The highest BCUT2D eigenvalue weighted by molar-refractivity contribution is 7.86. The number of aromatic nitrogens is 1. The molecule has 1 aromatic heterocycles. The van der Waals surface area contributed by atoms with Crippen molar-refractivity contribution in [1.29, 1.82) is 0 Å². The second-order valence-electron chi connectivity index (χ2n) is 5.17. The summed E-state index contributed by atoms with van der Waals surface area (Å²) in [5.74, 6) is -1.42. The lowest BCUT2D eigenvalue weighted by Gasteiger charge is -2.08. The van der Waals surface area contributed by atoms with Crippen LogP contribution in [0.25, 0.3) is 10.8 Å². The third kappa shape index (κ3) is 3.36. The summed E-state index contributed by atoms with van der Waals surface area (Å²) in [7, 11) is -4.56. The van der Waals surface area contributed by atoms with Crippen molar-refractivity contribution in [2.24, 2.45) is 10.2 Å². The topological polar surface area (TPSA) is 150 Å². The van der Waals surface area contributed by atoms with Gasteiger partial charge in [-0.3, -0.25) is 4.55 Å². The number of rotatable bonds is 4. The molecule has 3 aromatic rings. The first-order chi connectivity index (χ1) is 12.3. The maximum absolute atomic E-state index is 11.6. The molecule has 0 aliphatic rings.